The topological polar surface area (TPSA) is 33.2 Å². The molecule has 0 aromatic carbocycles. The maximum absolute atomic E-state index is 11.0. The number of carbonyl (C=O) groups is 1. The SMILES string of the molecule is CCc1nc(N2CCSC(C)C2C)sc1C=O. The molecule has 0 aliphatic carbocycles. The number of aldehydes is 1. The maximum Gasteiger partial charge on any atom is 0.186 e. The predicted molar refractivity (Wildman–Crippen MR) is 75.6 cm³/mol. The Morgan fingerprint density at radius 1 is 1.53 bits per heavy atom. The summed E-state index contributed by atoms with van der Waals surface area (Å²) in [7, 11) is 0. The van der Waals surface area contributed by atoms with Crippen LogP contribution in [0.15, 0.2) is 0 Å². The molecule has 3 nitrogen and oxygen atoms in total. The molecule has 1 fully saturated rings. The van der Waals surface area contributed by atoms with Gasteiger partial charge in [-0.1, -0.05) is 25.2 Å². The molecular formula is C12H18N2OS2. The van der Waals surface area contributed by atoms with Gasteiger partial charge in [-0.2, -0.15) is 11.8 Å². The zero-order valence-electron chi connectivity index (χ0n) is 10.5. The first kappa shape index (κ1) is 12.9. The van der Waals surface area contributed by atoms with Crippen molar-refractivity contribution < 1.29 is 4.79 Å². The Morgan fingerprint density at radius 3 is 2.88 bits per heavy atom. The lowest BCUT2D eigenvalue weighted by atomic mass is 10.2. The van der Waals surface area contributed by atoms with Crippen molar-refractivity contribution in [1.82, 2.24) is 4.98 Å². The lowest BCUT2D eigenvalue weighted by molar-refractivity contribution is 0.112. The van der Waals surface area contributed by atoms with Crippen LogP contribution < -0.4 is 4.90 Å². The molecule has 1 aliphatic heterocycles. The van der Waals surface area contributed by atoms with E-state index < -0.39 is 0 Å². The molecule has 1 aromatic rings. The van der Waals surface area contributed by atoms with E-state index in [1.165, 1.54) is 11.3 Å². The fraction of sp³-hybridized carbons (Fsp3) is 0.667. The molecule has 0 saturated carbocycles. The summed E-state index contributed by atoms with van der Waals surface area (Å²) in [5.74, 6) is 1.14. The van der Waals surface area contributed by atoms with E-state index in [0.29, 0.717) is 11.3 Å². The lowest BCUT2D eigenvalue weighted by Crippen LogP contribution is -2.44. The molecule has 2 unspecified atom stereocenters. The Hall–Kier alpha value is -0.550. The predicted octanol–water partition coefficient (Wildman–Crippen LogP) is 2.85. The maximum atomic E-state index is 11.0. The molecule has 1 saturated heterocycles. The smallest absolute Gasteiger partial charge is 0.186 e. The minimum Gasteiger partial charge on any atom is -0.343 e. The number of nitrogens with zero attached hydrogens (tertiary/aromatic N) is 2. The first-order valence-electron chi connectivity index (χ1n) is 6.00. The molecule has 17 heavy (non-hydrogen) atoms. The summed E-state index contributed by atoms with van der Waals surface area (Å²) in [6, 6.07) is 0.490. The van der Waals surface area contributed by atoms with Gasteiger partial charge >= 0.3 is 0 Å². The number of anilines is 1. The van der Waals surface area contributed by atoms with Gasteiger partial charge in [-0.3, -0.25) is 4.79 Å². The summed E-state index contributed by atoms with van der Waals surface area (Å²) in [5.41, 5.74) is 0.943. The summed E-state index contributed by atoms with van der Waals surface area (Å²) in [4.78, 5) is 18.7. The van der Waals surface area contributed by atoms with Crippen molar-refractivity contribution in [1.29, 1.82) is 0 Å². The largest absolute Gasteiger partial charge is 0.343 e. The van der Waals surface area contributed by atoms with Crippen molar-refractivity contribution in [2.45, 2.75) is 38.5 Å². The Bertz CT molecular complexity index is 405. The third-order valence-electron chi connectivity index (χ3n) is 3.29. The highest BCUT2D eigenvalue weighted by molar-refractivity contribution is 8.00. The second-order valence-electron chi connectivity index (χ2n) is 4.29. The number of hydrogen-bond donors (Lipinski definition) is 0. The van der Waals surface area contributed by atoms with Crippen LogP contribution in [0.4, 0.5) is 5.13 Å². The van der Waals surface area contributed by atoms with E-state index in [1.54, 1.807) is 0 Å². The van der Waals surface area contributed by atoms with Crippen LogP contribution >= 0.6 is 23.1 Å². The molecule has 1 aromatic heterocycles. The van der Waals surface area contributed by atoms with Gasteiger partial charge in [0.25, 0.3) is 0 Å². The number of rotatable bonds is 3. The second-order valence-corrected chi connectivity index (χ2v) is 6.78. The van der Waals surface area contributed by atoms with Crippen molar-refractivity contribution >= 4 is 34.5 Å². The summed E-state index contributed by atoms with van der Waals surface area (Å²) >= 11 is 3.55. The number of hydrogen-bond acceptors (Lipinski definition) is 5. The fourth-order valence-electron chi connectivity index (χ4n) is 2.02. The van der Waals surface area contributed by atoms with Gasteiger partial charge in [-0.25, -0.2) is 4.98 Å². The Morgan fingerprint density at radius 2 is 2.29 bits per heavy atom. The highest BCUT2D eigenvalue weighted by Crippen LogP contribution is 2.32. The van der Waals surface area contributed by atoms with Crippen molar-refractivity contribution in [3.8, 4) is 0 Å². The van der Waals surface area contributed by atoms with Crippen LogP contribution in [0.25, 0.3) is 0 Å². The number of thiazole rings is 1. The van der Waals surface area contributed by atoms with E-state index in [9.17, 15) is 4.79 Å². The molecule has 2 rings (SSSR count). The van der Waals surface area contributed by atoms with Crippen molar-refractivity contribution in [3.63, 3.8) is 0 Å². The van der Waals surface area contributed by atoms with E-state index in [-0.39, 0.29) is 0 Å². The molecule has 94 valence electrons. The van der Waals surface area contributed by atoms with Gasteiger partial charge in [0, 0.05) is 23.6 Å². The molecule has 2 atom stereocenters. The average molecular weight is 270 g/mol. The third-order valence-corrected chi connectivity index (χ3v) is 5.69. The van der Waals surface area contributed by atoms with Gasteiger partial charge in [0.2, 0.25) is 0 Å². The minimum atomic E-state index is 0.490. The van der Waals surface area contributed by atoms with E-state index in [4.69, 9.17) is 0 Å². The zero-order valence-corrected chi connectivity index (χ0v) is 12.1. The van der Waals surface area contributed by atoms with Crippen LogP contribution in [0.1, 0.15) is 36.1 Å². The summed E-state index contributed by atoms with van der Waals surface area (Å²) in [6.07, 6.45) is 1.77. The monoisotopic (exact) mass is 270 g/mol. The number of carbonyl (C=O) groups excluding carboxylic acids is 1. The van der Waals surface area contributed by atoms with E-state index in [0.717, 1.165) is 40.7 Å². The van der Waals surface area contributed by atoms with Gasteiger partial charge in [-0.05, 0) is 13.3 Å². The molecule has 0 N–H and O–H groups in total. The van der Waals surface area contributed by atoms with Crippen molar-refractivity contribution in [2.24, 2.45) is 0 Å². The van der Waals surface area contributed by atoms with Crippen LogP contribution in [0, 0.1) is 0 Å². The molecule has 1 aliphatic rings. The van der Waals surface area contributed by atoms with Crippen LogP contribution in [-0.4, -0.2) is 34.9 Å². The standard InChI is InChI=1S/C12H18N2OS2/c1-4-10-11(7-15)17-12(13-10)14-5-6-16-9(3)8(14)2/h7-9H,4-6H2,1-3H3. The van der Waals surface area contributed by atoms with E-state index in [1.807, 2.05) is 18.7 Å². The minimum absolute atomic E-state index is 0.490. The van der Waals surface area contributed by atoms with Crippen molar-refractivity contribution in [3.05, 3.63) is 10.6 Å². The summed E-state index contributed by atoms with van der Waals surface area (Å²) in [5, 5.41) is 1.64. The van der Waals surface area contributed by atoms with Gasteiger partial charge in [0.1, 0.15) is 0 Å². The van der Waals surface area contributed by atoms with E-state index in [2.05, 4.69) is 23.7 Å². The molecule has 0 amide bonds. The fourth-order valence-corrected chi connectivity index (χ4v) is 4.20. The van der Waals surface area contributed by atoms with Crippen LogP contribution in [0.3, 0.4) is 0 Å². The Labute approximate surface area is 111 Å². The molecule has 0 radical (unpaired) electrons. The summed E-state index contributed by atoms with van der Waals surface area (Å²) in [6.45, 7) is 7.58. The van der Waals surface area contributed by atoms with Crippen LogP contribution in [-0.2, 0) is 6.42 Å². The Kier molecular flexibility index (Phi) is 4.09. The van der Waals surface area contributed by atoms with Crippen LogP contribution in [0.2, 0.25) is 0 Å². The number of thioether (sulfide) groups is 1. The quantitative estimate of drug-likeness (QED) is 0.791. The number of aromatic nitrogens is 1. The van der Waals surface area contributed by atoms with Gasteiger partial charge < -0.3 is 4.90 Å². The highest BCUT2D eigenvalue weighted by atomic mass is 32.2. The van der Waals surface area contributed by atoms with Gasteiger partial charge in [0.15, 0.2) is 11.4 Å². The lowest BCUT2D eigenvalue weighted by Gasteiger charge is -2.37. The van der Waals surface area contributed by atoms with Gasteiger partial charge in [-0.15, -0.1) is 0 Å². The van der Waals surface area contributed by atoms with E-state index >= 15 is 0 Å². The van der Waals surface area contributed by atoms with Crippen LogP contribution in [0.5, 0.6) is 0 Å². The highest BCUT2D eigenvalue weighted by Gasteiger charge is 2.27. The zero-order chi connectivity index (χ0) is 12.4. The second kappa shape index (κ2) is 5.40. The molecule has 2 heterocycles. The number of aryl methyl sites for hydroxylation is 1. The molecule has 0 bridgehead atoms. The van der Waals surface area contributed by atoms with Gasteiger partial charge in [0.05, 0.1) is 10.6 Å². The molecule has 0 spiro atoms. The summed E-state index contributed by atoms with van der Waals surface area (Å²) < 4.78 is 0. The average Bonchev–Trinajstić information content (AvgIpc) is 2.75. The third kappa shape index (κ3) is 2.50. The van der Waals surface area contributed by atoms with Crippen molar-refractivity contribution in [2.75, 3.05) is 17.2 Å². The normalized spacial score (nSPS) is 25.0. The first-order chi connectivity index (χ1) is 8.17. The molecular weight excluding hydrogens is 252 g/mol. The molecule has 5 heteroatoms. The Balaban J connectivity index is 2.26. The first-order valence-corrected chi connectivity index (χ1v) is 7.87.